The van der Waals surface area contributed by atoms with E-state index >= 15 is 0 Å². The Kier molecular flexibility index (Phi) is 5.94. The van der Waals surface area contributed by atoms with Gasteiger partial charge in [0, 0.05) is 25.3 Å². The zero-order chi connectivity index (χ0) is 12.8. The van der Waals surface area contributed by atoms with Crippen molar-refractivity contribution < 1.29 is 4.74 Å². The molecule has 1 saturated heterocycles. The maximum absolute atomic E-state index is 5.54. The number of ether oxygens (including phenoxy) is 1. The number of nitrogens with one attached hydrogen (secondary N) is 1. The lowest BCUT2D eigenvalue weighted by atomic mass is 9.75. The molecule has 0 aliphatic carbocycles. The van der Waals surface area contributed by atoms with E-state index < -0.39 is 0 Å². The number of hydrogen-bond acceptors (Lipinski definition) is 2. The molecule has 0 amide bonds. The largest absolute Gasteiger partial charge is 0.381 e. The van der Waals surface area contributed by atoms with Gasteiger partial charge in [0.1, 0.15) is 0 Å². The average molecular weight is 241 g/mol. The van der Waals surface area contributed by atoms with Gasteiger partial charge in [-0.1, -0.05) is 26.2 Å². The van der Waals surface area contributed by atoms with E-state index in [2.05, 4.69) is 33.0 Å². The van der Waals surface area contributed by atoms with Crippen molar-refractivity contribution >= 4 is 0 Å². The molecule has 17 heavy (non-hydrogen) atoms. The number of rotatable bonds is 6. The third-order valence-corrected chi connectivity index (χ3v) is 3.86. The summed E-state index contributed by atoms with van der Waals surface area (Å²) < 4.78 is 5.54. The first kappa shape index (κ1) is 15.0. The lowest BCUT2D eigenvalue weighted by Crippen LogP contribution is -2.46. The van der Waals surface area contributed by atoms with E-state index in [4.69, 9.17) is 4.74 Å². The van der Waals surface area contributed by atoms with Crippen molar-refractivity contribution in [1.29, 1.82) is 0 Å². The van der Waals surface area contributed by atoms with Crippen LogP contribution in [0.5, 0.6) is 0 Å². The van der Waals surface area contributed by atoms with Crippen molar-refractivity contribution in [3.63, 3.8) is 0 Å². The van der Waals surface area contributed by atoms with E-state index in [1.165, 1.54) is 38.5 Å². The Morgan fingerprint density at radius 1 is 1.12 bits per heavy atom. The lowest BCUT2D eigenvalue weighted by molar-refractivity contribution is 0.00636. The first-order valence-corrected chi connectivity index (χ1v) is 7.30. The molecule has 1 N–H and O–H groups in total. The Balaban J connectivity index is 2.46. The standard InChI is InChI=1S/C15H31NO/c1-5-6-7-8-15(9-11-17-12-10-15)13-16-14(2,3)4/h16H,5-13H2,1-4H3. The van der Waals surface area contributed by atoms with Crippen LogP contribution in [-0.2, 0) is 4.74 Å². The van der Waals surface area contributed by atoms with Crippen LogP contribution in [-0.4, -0.2) is 25.3 Å². The van der Waals surface area contributed by atoms with E-state index in [0.717, 1.165) is 19.8 Å². The first-order valence-electron chi connectivity index (χ1n) is 7.30. The van der Waals surface area contributed by atoms with E-state index in [-0.39, 0.29) is 5.54 Å². The second kappa shape index (κ2) is 6.75. The van der Waals surface area contributed by atoms with Crippen molar-refractivity contribution in [2.24, 2.45) is 5.41 Å². The topological polar surface area (TPSA) is 21.3 Å². The van der Waals surface area contributed by atoms with Gasteiger partial charge >= 0.3 is 0 Å². The second-order valence-electron chi connectivity index (χ2n) is 6.67. The maximum Gasteiger partial charge on any atom is 0.0471 e. The van der Waals surface area contributed by atoms with Crippen LogP contribution in [0.1, 0.15) is 66.2 Å². The molecule has 1 heterocycles. The van der Waals surface area contributed by atoms with Gasteiger partial charge in [-0.2, -0.15) is 0 Å². The molecule has 0 saturated carbocycles. The van der Waals surface area contributed by atoms with Gasteiger partial charge in [0.05, 0.1) is 0 Å². The van der Waals surface area contributed by atoms with Gasteiger partial charge in [-0.3, -0.25) is 0 Å². The van der Waals surface area contributed by atoms with Gasteiger partial charge in [-0.05, 0) is 45.4 Å². The smallest absolute Gasteiger partial charge is 0.0471 e. The summed E-state index contributed by atoms with van der Waals surface area (Å²) in [5.41, 5.74) is 0.733. The molecule has 1 aliphatic rings. The predicted molar refractivity (Wildman–Crippen MR) is 74.4 cm³/mol. The molecule has 1 rings (SSSR count). The van der Waals surface area contributed by atoms with Gasteiger partial charge in [0.25, 0.3) is 0 Å². The molecule has 0 aromatic heterocycles. The number of unbranched alkanes of at least 4 members (excludes halogenated alkanes) is 2. The Hall–Kier alpha value is -0.0800. The highest BCUT2D eigenvalue weighted by atomic mass is 16.5. The van der Waals surface area contributed by atoms with Crippen molar-refractivity contribution in [2.45, 2.75) is 71.8 Å². The Labute approximate surface area is 108 Å². The minimum absolute atomic E-state index is 0.232. The minimum Gasteiger partial charge on any atom is -0.381 e. The Morgan fingerprint density at radius 2 is 1.76 bits per heavy atom. The van der Waals surface area contributed by atoms with Crippen molar-refractivity contribution in [2.75, 3.05) is 19.8 Å². The quantitative estimate of drug-likeness (QED) is 0.715. The normalized spacial score (nSPS) is 20.5. The maximum atomic E-state index is 5.54. The van der Waals surface area contributed by atoms with Crippen molar-refractivity contribution in [3.05, 3.63) is 0 Å². The summed E-state index contributed by atoms with van der Waals surface area (Å²) in [7, 11) is 0. The van der Waals surface area contributed by atoms with Crippen LogP contribution in [0.2, 0.25) is 0 Å². The molecule has 0 unspecified atom stereocenters. The summed E-state index contributed by atoms with van der Waals surface area (Å²) in [6.07, 6.45) is 7.91. The van der Waals surface area contributed by atoms with Gasteiger partial charge < -0.3 is 10.1 Å². The molecular formula is C15H31NO. The third-order valence-electron chi connectivity index (χ3n) is 3.86. The van der Waals surface area contributed by atoms with E-state index in [0.29, 0.717) is 5.41 Å². The second-order valence-corrected chi connectivity index (χ2v) is 6.67. The molecule has 2 heteroatoms. The van der Waals surface area contributed by atoms with Crippen LogP contribution >= 0.6 is 0 Å². The number of hydrogen-bond donors (Lipinski definition) is 1. The van der Waals surface area contributed by atoms with Crippen LogP contribution in [0.4, 0.5) is 0 Å². The highest BCUT2D eigenvalue weighted by molar-refractivity contribution is 4.86. The molecule has 1 aliphatic heterocycles. The fourth-order valence-corrected chi connectivity index (χ4v) is 2.52. The summed E-state index contributed by atoms with van der Waals surface area (Å²) in [6, 6.07) is 0. The lowest BCUT2D eigenvalue weighted by Gasteiger charge is -2.40. The monoisotopic (exact) mass is 241 g/mol. The molecule has 0 atom stereocenters. The molecular weight excluding hydrogens is 210 g/mol. The average Bonchev–Trinajstić information content (AvgIpc) is 2.28. The zero-order valence-electron chi connectivity index (χ0n) is 12.3. The van der Waals surface area contributed by atoms with Crippen LogP contribution in [0, 0.1) is 5.41 Å². The van der Waals surface area contributed by atoms with Crippen LogP contribution in [0.3, 0.4) is 0 Å². The van der Waals surface area contributed by atoms with Gasteiger partial charge in [-0.15, -0.1) is 0 Å². The van der Waals surface area contributed by atoms with Gasteiger partial charge in [0.2, 0.25) is 0 Å². The first-order chi connectivity index (χ1) is 7.97. The highest BCUT2D eigenvalue weighted by Crippen LogP contribution is 2.35. The van der Waals surface area contributed by atoms with Gasteiger partial charge in [0.15, 0.2) is 0 Å². The summed E-state index contributed by atoms with van der Waals surface area (Å²) in [5, 5.41) is 3.70. The molecule has 0 aromatic rings. The molecule has 102 valence electrons. The SMILES string of the molecule is CCCCCC1(CNC(C)(C)C)CCOCC1. The molecule has 0 aromatic carbocycles. The minimum atomic E-state index is 0.232. The molecule has 0 spiro atoms. The summed E-state index contributed by atoms with van der Waals surface area (Å²) >= 11 is 0. The third kappa shape index (κ3) is 5.87. The van der Waals surface area contributed by atoms with E-state index in [1.807, 2.05) is 0 Å². The Bertz CT molecular complexity index is 201. The van der Waals surface area contributed by atoms with Crippen molar-refractivity contribution in [3.8, 4) is 0 Å². The highest BCUT2D eigenvalue weighted by Gasteiger charge is 2.32. The fraction of sp³-hybridized carbons (Fsp3) is 1.00. The fourth-order valence-electron chi connectivity index (χ4n) is 2.52. The summed E-state index contributed by atoms with van der Waals surface area (Å²) in [6.45, 7) is 12.1. The van der Waals surface area contributed by atoms with Crippen LogP contribution in [0.15, 0.2) is 0 Å². The summed E-state index contributed by atoms with van der Waals surface area (Å²) in [4.78, 5) is 0. The molecule has 2 nitrogen and oxygen atoms in total. The van der Waals surface area contributed by atoms with Crippen LogP contribution in [0.25, 0.3) is 0 Å². The summed E-state index contributed by atoms with van der Waals surface area (Å²) in [5.74, 6) is 0. The molecule has 0 bridgehead atoms. The molecule has 1 fully saturated rings. The molecule has 0 radical (unpaired) electrons. The van der Waals surface area contributed by atoms with Gasteiger partial charge in [-0.25, -0.2) is 0 Å². The van der Waals surface area contributed by atoms with Crippen LogP contribution < -0.4 is 5.32 Å². The van der Waals surface area contributed by atoms with Crippen molar-refractivity contribution in [1.82, 2.24) is 5.32 Å². The predicted octanol–water partition coefficient (Wildman–Crippen LogP) is 3.75. The van der Waals surface area contributed by atoms with E-state index in [9.17, 15) is 0 Å². The van der Waals surface area contributed by atoms with E-state index in [1.54, 1.807) is 0 Å². The Morgan fingerprint density at radius 3 is 2.29 bits per heavy atom. The zero-order valence-corrected chi connectivity index (χ0v) is 12.3.